The summed E-state index contributed by atoms with van der Waals surface area (Å²) in [5, 5.41) is 2.89. The molecule has 0 unspecified atom stereocenters. The number of aromatic nitrogens is 2. The van der Waals surface area contributed by atoms with Crippen LogP contribution in [0.1, 0.15) is 5.56 Å². The molecule has 0 fully saturated rings. The van der Waals surface area contributed by atoms with E-state index >= 15 is 0 Å². The molecule has 3 aromatic rings. The lowest BCUT2D eigenvalue weighted by Crippen LogP contribution is -2.22. The van der Waals surface area contributed by atoms with Gasteiger partial charge in [-0.1, -0.05) is 30.0 Å². The van der Waals surface area contributed by atoms with Gasteiger partial charge >= 0.3 is 0 Å². The van der Waals surface area contributed by atoms with E-state index in [-0.39, 0.29) is 16.7 Å². The SMILES string of the molecule is COc1ccccc1NC(=O)CSc1nccn(-c2ccc(C)c(F)c2)c1=O. The molecule has 1 N–H and O–H groups in total. The third-order valence-electron chi connectivity index (χ3n) is 3.96. The Labute approximate surface area is 165 Å². The van der Waals surface area contributed by atoms with E-state index in [4.69, 9.17) is 4.74 Å². The van der Waals surface area contributed by atoms with Crippen molar-refractivity contribution >= 4 is 23.4 Å². The first kappa shape index (κ1) is 19.6. The highest BCUT2D eigenvalue weighted by Gasteiger charge is 2.12. The number of hydrogen-bond donors (Lipinski definition) is 1. The van der Waals surface area contributed by atoms with Crippen LogP contribution < -0.4 is 15.6 Å². The van der Waals surface area contributed by atoms with Gasteiger partial charge in [0.25, 0.3) is 5.56 Å². The molecule has 0 aliphatic rings. The summed E-state index contributed by atoms with van der Waals surface area (Å²) in [4.78, 5) is 28.9. The Morgan fingerprint density at radius 3 is 2.82 bits per heavy atom. The van der Waals surface area contributed by atoms with Gasteiger partial charge in [0, 0.05) is 12.4 Å². The number of benzene rings is 2. The summed E-state index contributed by atoms with van der Waals surface area (Å²) in [5.74, 6) is -0.159. The number of aryl methyl sites for hydroxylation is 1. The number of carbonyl (C=O) groups excluding carboxylic acids is 1. The standard InChI is InChI=1S/C20H18FN3O3S/c1-13-7-8-14(11-15(13)21)24-10-9-22-19(20(24)26)28-12-18(25)23-16-5-3-4-6-17(16)27-2/h3-11H,12H2,1-2H3,(H,23,25). The maximum Gasteiger partial charge on any atom is 0.287 e. The number of nitrogens with zero attached hydrogens (tertiary/aromatic N) is 2. The number of nitrogens with one attached hydrogen (secondary N) is 1. The van der Waals surface area contributed by atoms with Crippen molar-refractivity contribution in [3.8, 4) is 11.4 Å². The molecule has 1 aromatic heterocycles. The van der Waals surface area contributed by atoms with Gasteiger partial charge in [0.2, 0.25) is 5.91 Å². The minimum Gasteiger partial charge on any atom is -0.495 e. The molecule has 0 atom stereocenters. The van der Waals surface area contributed by atoms with Crippen LogP contribution in [-0.2, 0) is 4.79 Å². The van der Waals surface area contributed by atoms with E-state index in [1.54, 1.807) is 43.3 Å². The molecule has 0 aliphatic heterocycles. The summed E-state index contributed by atoms with van der Waals surface area (Å²) in [7, 11) is 1.52. The number of hydrogen-bond acceptors (Lipinski definition) is 5. The zero-order chi connectivity index (χ0) is 20.1. The van der Waals surface area contributed by atoms with E-state index in [2.05, 4.69) is 10.3 Å². The minimum atomic E-state index is -0.416. The Morgan fingerprint density at radius 2 is 2.07 bits per heavy atom. The number of anilines is 1. The van der Waals surface area contributed by atoms with Crippen LogP contribution in [0, 0.1) is 12.7 Å². The molecule has 0 bridgehead atoms. The fourth-order valence-corrected chi connectivity index (χ4v) is 3.19. The highest BCUT2D eigenvalue weighted by atomic mass is 32.2. The normalized spacial score (nSPS) is 10.5. The molecule has 3 rings (SSSR count). The number of ether oxygens (including phenoxy) is 1. The summed E-state index contributed by atoms with van der Waals surface area (Å²) in [6.45, 7) is 1.65. The van der Waals surface area contributed by atoms with Crippen LogP contribution in [0.25, 0.3) is 5.69 Å². The maximum absolute atomic E-state index is 13.8. The summed E-state index contributed by atoms with van der Waals surface area (Å²) < 4.78 is 20.3. The Bertz CT molecular complexity index is 1070. The van der Waals surface area contributed by atoms with Crippen molar-refractivity contribution in [2.45, 2.75) is 11.9 Å². The van der Waals surface area contributed by atoms with E-state index in [0.29, 0.717) is 22.7 Å². The van der Waals surface area contributed by atoms with Crippen LogP contribution in [0.2, 0.25) is 0 Å². The third-order valence-corrected chi connectivity index (χ3v) is 4.92. The number of carbonyl (C=O) groups is 1. The second kappa shape index (κ2) is 8.71. The lowest BCUT2D eigenvalue weighted by molar-refractivity contribution is -0.113. The number of para-hydroxylation sites is 2. The highest BCUT2D eigenvalue weighted by molar-refractivity contribution is 7.99. The van der Waals surface area contributed by atoms with Gasteiger partial charge in [0.1, 0.15) is 11.6 Å². The molecule has 8 heteroatoms. The van der Waals surface area contributed by atoms with Gasteiger partial charge in [-0.2, -0.15) is 0 Å². The summed E-state index contributed by atoms with van der Waals surface area (Å²) in [5.41, 5.74) is 1.02. The van der Waals surface area contributed by atoms with Crippen molar-refractivity contribution in [3.63, 3.8) is 0 Å². The molecule has 6 nitrogen and oxygen atoms in total. The third kappa shape index (κ3) is 4.40. The van der Waals surface area contributed by atoms with E-state index < -0.39 is 11.4 Å². The maximum atomic E-state index is 13.8. The number of halogens is 1. The Kier molecular flexibility index (Phi) is 6.10. The highest BCUT2D eigenvalue weighted by Crippen LogP contribution is 2.23. The molecule has 144 valence electrons. The molecule has 0 spiro atoms. The molecule has 0 radical (unpaired) electrons. The van der Waals surface area contributed by atoms with Gasteiger partial charge in [-0.25, -0.2) is 9.37 Å². The molecule has 2 aromatic carbocycles. The molecule has 1 amide bonds. The quantitative estimate of drug-likeness (QED) is 0.643. The van der Waals surface area contributed by atoms with Gasteiger partial charge < -0.3 is 10.1 Å². The number of thioether (sulfide) groups is 1. The minimum absolute atomic E-state index is 0.00738. The lowest BCUT2D eigenvalue weighted by atomic mass is 10.2. The van der Waals surface area contributed by atoms with Crippen molar-refractivity contribution in [2.24, 2.45) is 0 Å². The molecule has 0 saturated heterocycles. The zero-order valence-corrected chi connectivity index (χ0v) is 16.1. The first-order valence-electron chi connectivity index (χ1n) is 8.39. The summed E-state index contributed by atoms with van der Waals surface area (Å²) in [6.07, 6.45) is 2.91. The average Bonchev–Trinajstić information content (AvgIpc) is 2.70. The molecule has 0 saturated carbocycles. The molecular formula is C20H18FN3O3S. The number of amides is 1. The monoisotopic (exact) mass is 399 g/mol. The molecular weight excluding hydrogens is 381 g/mol. The van der Waals surface area contributed by atoms with Crippen molar-refractivity contribution < 1.29 is 13.9 Å². The van der Waals surface area contributed by atoms with Crippen LogP contribution in [0.5, 0.6) is 5.75 Å². The second-order valence-electron chi connectivity index (χ2n) is 5.88. The van der Waals surface area contributed by atoms with E-state index in [1.165, 1.54) is 30.1 Å². The van der Waals surface area contributed by atoms with E-state index in [9.17, 15) is 14.0 Å². The first-order valence-corrected chi connectivity index (χ1v) is 9.38. The van der Waals surface area contributed by atoms with Crippen LogP contribution in [0.15, 0.2) is 64.7 Å². The van der Waals surface area contributed by atoms with Crippen molar-refractivity contribution in [1.29, 1.82) is 0 Å². The van der Waals surface area contributed by atoms with Crippen LogP contribution in [0.4, 0.5) is 10.1 Å². The van der Waals surface area contributed by atoms with Gasteiger partial charge in [-0.05, 0) is 36.8 Å². The average molecular weight is 399 g/mol. The smallest absolute Gasteiger partial charge is 0.287 e. The summed E-state index contributed by atoms with van der Waals surface area (Å²) in [6, 6.07) is 11.6. The van der Waals surface area contributed by atoms with Gasteiger partial charge in [0.15, 0.2) is 5.03 Å². The van der Waals surface area contributed by atoms with Crippen LogP contribution in [0.3, 0.4) is 0 Å². The largest absolute Gasteiger partial charge is 0.495 e. The predicted molar refractivity (Wildman–Crippen MR) is 107 cm³/mol. The molecule has 28 heavy (non-hydrogen) atoms. The van der Waals surface area contributed by atoms with E-state index in [0.717, 1.165) is 11.8 Å². The van der Waals surface area contributed by atoms with E-state index in [1.807, 2.05) is 0 Å². The summed E-state index contributed by atoms with van der Waals surface area (Å²) >= 11 is 1.01. The predicted octanol–water partition coefficient (Wildman–Crippen LogP) is 3.42. The van der Waals surface area contributed by atoms with Crippen LogP contribution in [-0.4, -0.2) is 28.3 Å². The molecule has 0 aliphatic carbocycles. The second-order valence-corrected chi connectivity index (χ2v) is 6.84. The Balaban J connectivity index is 1.74. The van der Waals surface area contributed by atoms with Gasteiger partial charge in [-0.3, -0.25) is 14.2 Å². The van der Waals surface area contributed by atoms with Crippen LogP contribution >= 0.6 is 11.8 Å². The van der Waals surface area contributed by atoms with Gasteiger partial charge in [0.05, 0.1) is 24.2 Å². The molecule has 1 heterocycles. The van der Waals surface area contributed by atoms with Gasteiger partial charge in [-0.15, -0.1) is 0 Å². The van der Waals surface area contributed by atoms with Crippen molar-refractivity contribution in [3.05, 3.63) is 76.6 Å². The lowest BCUT2D eigenvalue weighted by Gasteiger charge is -2.10. The number of methoxy groups -OCH3 is 1. The Hall–Kier alpha value is -3.13. The fourth-order valence-electron chi connectivity index (χ4n) is 2.50. The van der Waals surface area contributed by atoms with Crippen molar-refractivity contribution in [1.82, 2.24) is 9.55 Å². The fraction of sp³-hybridized carbons (Fsp3) is 0.150. The zero-order valence-electron chi connectivity index (χ0n) is 15.3. The first-order chi connectivity index (χ1) is 13.5. The number of rotatable bonds is 6. The van der Waals surface area contributed by atoms with Crippen molar-refractivity contribution in [2.75, 3.05) is 18.2 Å². The Morgan fingerprint density at radius 1 is 1.29 bits per heavy atom. The topological polar surface area (TPSA) is 73.2 Å².